The fourth-order valence-corrected chi connectivity index (χ4v) is 3.33. The van der Waals surface area contributed by atoms with Gasteiger partial charge in [0.1, 0.15) is 0 Å². The second-order valence-electron chi connectivity index (χ2n) is 6.20. The maximum Gasteiger partial charge on any atom is 0.328 e. The zero-order valence-electron chi connectivity index (χ0n) is 14.4. The Hall–Kier alpha value is -2.12. The highest BCUT2D eigenvalue weighted by molar-refractivity contribution is 5.97. The number of nitrogens with one attached hydrogen (secondary N) is 2. The predicted octanol–water partition coefficient (Wildman–Crippen LogP) is 0.813. The molecule has 1 saturated heterocycles. The van der Waals surface area contributed by atoms with E-state index in [0.717, 1.165) is 30.6 Å². The Balaban J connectivity index is 0.00000225. The maximum atomic E-state index is 12.7. The first-order valence-corrected chi connectivity index (χ1v) is 8.26. The third-order valence-corrected chi connectivity index (χ3v) is 4.61. The quantitative estimate of drug-likeness (QED) is 0.838. The molecule has 2 aromatic rings. The van der Waals surface area contributed by atoms with Crippen LogP contribution in [0.2, 0.25) is 0 Å². The summed E-state index contributed by atoms with van der Waals surface area (Å²) in [6, 6.07) is 4.88. The molecule has 0 aliphatic carbocycles. The summed E-state index contributed by atoms with van der Waals surface area (Å²) in [4.78, 5) is 41.4. The second kappa shape index (κ2) is 7.84. The van der Waals surface area contributed by atoms with Crippen molar-refractivity contribution in [2.45, 2.75) is 19.9 Å². The molecule has 1 aliphatic rings. The number of benzene rings is 1. The molecule has 8 heteroatoms. The van der Waals surface area contributed by atoms with Crippen LogP contribution in [0.5, 0.6) is 0 Å². The molecule has 3 rings (SSSR count). The number of fused-ring (bicyclic) bond motifs is 1. The van der Waals surface area contributed by atoms with E-state index in [9.17, 15) is 14.4 Å². The molecular weight excluding hydrogens is 344 g/mol. The van der Waals surface area contributed by atoms with Crippen LogP contribution in [-0.4, -0.2) is 47.0 Å². The van der Waals surface area contributed by atoms with Crippen LogP contribution in [-0.2, 0) is 6.54 Å². The minimum Gasteiger partial charge on any atom is -0.338 e. The third-order valence-electron chi connectivity index (χ3n) is 4.61. The van der Waals surface area contributed by atoms with E-state index in [1.165, 1.54) is 0 Å². The van der Waals surface area contributed by atoms with Crippen LogP contribution in [0.15, 0.2) is 27.8 Å². The molecule has 7 nitrogen and oxygen atoms in total. The number of aromatic amines is 1. The van der Waals surface area contributed by atoms with Gasteiger partial charge in [0.2, 0.25) is 0 Å². The molecule has 1 atom stereocenters. The Bertz CT molecular complexity index is 890. The summed E-state index contributed by atoms with van der Waals surface area (Å²) in [5.41, 5.74) is 0.129. The normalized spacial score (nSPS) is 16.9. The second-order valence-corrected chi connectivity index (χ2v) is 6.20. The first kappa shape index (κ1) is 19.2. The summed E-state index contributed by atoms with van der Waals surface area (Å²) < 4.78 is 1.15. The fourth-order valence-electron chi connectivity index (χ4n) is 3.33. The van der Waals surface area contributed by atoms with Crippen molar-refractivity contribution in [3.8, 4) is 0 Å². The van der Waals surface area contributed by atoms with E-state index in [1.54, 1.807) is 25.1 Å². The predicted molar refractivity (Wildman–Crippen MR) is 99.7 cm³/mol. The first-order valence-electron chi connectivity index (χ1n) is 8.26. The van der Waals surface area contributed by atoms with Crippen molar-refractivity contribution in [2.75, 3.05) is 26.7 Å². The molecule has 0 bridgehead atoms. The van der Waals surface area contributed by atoms with Gasteiger partial charge in [0.05, 0.1) is 10.9 Å². The van der Waals surface area contributed by atoms with Gasteiger partial charge in [0, 0.05) is 25.2 Å². The number of H-pyrrole nitrogens is 1. The average molecular weight is 367 g/mol. The van der Waals surface area contributed by atoms with E-state index in [-0.39, 0.29) is 23.9 Å². The number of halogens is 1. The van der Waals surface area contributed by atoms with E-state index in [0.29, 0.717) is 28.9 Å². The van der Waals surface area contributed by atoms with Crippen molar-refractivity contribution in [3.63, 3.8) is 0 Å². The van der Waals surface area contributed by atoms with E-state index in [4.69, 9.17) is 0 Å². The molecule has 1 fully saturated rings. The topological polar surface area (TPSA) is 87.2 Å². The summed E-state index contributed by atoms with van der Waals surface area (Å²) in [5, 5.41) is 3.56. The minimum absolute atomic E-state index is 0. The number of aromatic nitrogens is 2. The summed E-state index contributed by atoms with van der Waals surface area (Å²) >= 11 is 0. The van der Waals surface area contributed by atoms with Crippen LogP contribution in [0.25, 0.3) is 10.9 Å². The number of carbonyl (C=O) groups is 1. The van der Waals surface area contributed by atoms with Gasteiger partial charge in [0.15, 0.2) is 0 Å². The summed E-state index contributed by atoms with van der Waals surface area (Å²) in [6.07, 6.45) is 0.984. The zero-order chi connectivity index (χ0) is 17.3. The molecule has 25 heavy (non-hydrogen) atoms. The van der Waals surface area contributed by atoms with Crippen molar-refractivity contribution >= 4 is 29.2 Å². The highest BCUT2D eigenvalue weighted by Crippen LogP contribution is 2.19. The van der Waals surface area contributed by atoms with Crippen LogP contribution in [0, 0.1) is 5.92 Å². The lowest BCUT2D eigenvalue weighted by Crippen LogP contribution is -2.34. The Morgan fingerprint density at radius 3 is 2.80 bits per heavy atom. The monoisotopic (exact) mass is 366 g/mol. The lowest BCUT2D eigenvalue weighted by Gasteiger charge is -2.17. The van der Waals surface area contributed by atoms with Crippen molar-refractivity contribution in [1.82, 2.24) is 19.8 Å². The smallest absolute Gasteiger partial charge is 0.328 e. The number of nitrogens with zero attached hydrogens (tertiary/aromatic N) is 2. The van der Waals surface area contributed by atoms with E-state index < -0.39 is 5.69 Å². The molecular formula is C17H23ClN4O3. The molecule has 0 spiro atoms. The van der Waals surface area contributed by atoms with Gasteiger partial charge in [0.25, 0.3) is 11.5 Å². The number of likely N-dealkylation sites (tertiary alicyclic amines) is 1. The number of hydrogen-bond donors (Lipinski definition) is 2. The average Bonchev–Trinajstić information content (AvgIpc) is 3.03. The number of hydrogen-bond acceptors (Lipinski definition) is 4. The van der Waals surface area contributed by atoms with E-state index in [1.807, 2.05) is 11.9 Å². The van der Waals surface area contributed by atoms with Crippen LogP contribution in [0.3, 0.4) is 0 Å². The summed E-state index contributed by atoms with van der Waals surface area (Å²) in [7, 11) is 1.91. The SMILES string of the molecule is CCn1c(=O)[nH]c2cc(C(=O)N3CCC(CNC)C3)ccc2c1=O.Cl. The summed E-state index contributed by atoms with van der Waals surface area (Å²) in [5.74, 6) is 0.409. The van der Waals surface area contributed by atoms with Crippen molar-refractivity contribution in [1.29, 1.82) is 0 Å². The highest BCUT2D eigenvalue weighted by Gasteiger charge is 2.26. The molecule has 1 aliphatic heterocycles. The molecule has 0 saturated carbocycles. The maximum absolute atomic E-state index is 12.7. The Morgan fingerprint density at radius 2 is 2.12 bits per heavy atom. The number of amides is 1. The van der Waals surface area contributed by atoms with Crippen LogP contribution >= 0.6 is 12.4 Å². The molecule has 1 aromatic carbocycles. The molecule has 2 heterocycles. The number of carbonyl (C=O) groups excluding carboxylic acids is 1. The Kier molecular flexibility index (Phi) is 6.02. The van der Waals surface area contributed by atoms with Gasteiger partial charge >= 0.3 is 5.69 Å². The van der Waals surface area contributed by atoms with Crippen LogP contribution in [0.4, 0.5) is 0 Å². The molecule has 1 amide bonds. The zero-order valence-corrected chi connectivity index (χ0v) is 15.2. The Labute approximate surface area is 151 Å². The molecule has 1 unspecified atom stereocenters. The summed E-state index contributed by atoms with van der Waals surface area (Å²) in [6.45, 7) is 4.41. The van der Waals surface area contributed by atoms with E-state index in [2.05, 4.69) is 10.3 Å². The Morgan fingerprint density at radius 1 is 1.36 bits per heavy atom. The van der Waals surface area contributed by atoms with Gasteiger partial charge in [-0.3, -0.25) is 14.2 Å². The minimum atomic E-state index is -0.449. The number of rotatable bonds is 4. The van der Waals surface area contributed by atoms with Crippen molar-refractivity contribution in [2.24, 2.45) is 5.92 Å². The standard InChI is InChI=1S/C17H22N4O3.ClH/c1-3-21-16(23)13-5-4-12(8-14(13)19-17(21)24)15(22)20-7-6-11(10-20)9-18-2;/h4-5,8,11,18H,3,6-7,9-10H2,1-2H3,(H,19,24);1H. The van der Waals surface area contributed by atoms with Gasteiger partial charge in [-0.1, -0.05) is 0 Å². The van der Waals surface area contributed by atoms with Crippen LogP contribution < -0.4 is 16.6 Å². The van der Waals surface area contributed by atoms with Gasteiger partial charge < -0.3 is 15.2 Å². The molecule has 1 aromatic heterocycles. The van der Waals surface area contributed by atoms with Gasteiger partial charge in [-0.05, 0) is 51.1 Å². The largest absolute Gasteiger partial charge is 0.338 e. The fraction of sp³-hybridized carbons (Fsp3) is 0.471. The van der Waals surface area contributed by atoms with Gasteiger partial charge in [-0.15, -0.1) is 12.4 Å². The first-order chi connectivity index (χ1) is 11.5. The third kappa shape index (κ3) is 3.62. The lowest BCUT2D eigenvalue weighted by atomic mass is 10.1. The van der Waals surface area contributed by atoms with Crippen LogP contribution in [0.1, 0.15) is 23.7 Å². The highest BCUT2D eigenvalue weighted by atomic mass is 35.5. The molecule has 0 radical (unpaired) electrons. The molecule has 2 N–H and O–H groups in total. The molecule has 136 valence electrons. The van der Waals surface area contributed by atoms with Gasteiger partial charge in [-0.25, -0.2) is 4.79 Å². The van der Waals surface area contributed by atoms with Crippen molar-refractivity contribution in [3.05, 3.63) is 44.6 Å². The lowest BCUT2D eigenvalue weighted by molar-refractivity contribution is 0.0787. The van der Waals surface area contributed by atoms with Crippen molar-refractivity contribution < 1.29 is 4.79 Å². The van der Waals surface area contributed by atoms with E-state index >= 15 is 0 Å². The van der Waals surface area contributed by atoms with Gasteiger partial charge in [-0.2, -0.15) is 0 Å².